The number of allylic oxidation sites excluding steroid dienone is 3. The number of nitrogens with zero attached hydrogens (tertiary/aromatic N) is 1. The maximum absolute atomic E-state index is 11.8. The summed E-state index contributed by atoms with van der Waals surface area (Å²) in [5.74, 6) is 0.824. The first-order valence-electron chi connectivity index (χ1n) is 6.00. The number of rotatable bonds is 3. The second kappa shape index (κ2) is 4.84. The summed E-state index contributed by atoms with van der Waals surface area (Å²) < 4.78 is 7.29. The van der Waals surface area contributed by atoms with Gasteiger partial charge in [0.1, 0.15) is 6.10 Å². The molecule has 4 nitrogen and oxygen atoms in total. The molecule has 4 heteroatoms. The van der Waals surface area contributed by atoms with Gasteiger partial charge in [-0.25, -0.2) is 4.58 Å². The van der Waals surface area contributed by atoms with E-state index in [9.17, 15) is 4.79 Å². The lowest BCUT2D eigenvalue weighted by atomic mass is 10.1. The summed E-state index contributed by atoms with van der Waals surface area (Å²) in [5.41, 5.74) is 6.05. The zero-order valence-electron chi connectivity index (χ0n) is 10.3. The molecule has 2 heterocycles. The monoisotopic (exact) mass is 235 g/mol. The number of epoxide rings is 1. The molecule has 2 rings (SSSR count). The van der Waals surface area contributed by atoms with Gasteiger partial charge in [0.05, 0.1) is 18.7 Å². The molecule has 1 fully saturated rings. The van der Waals surface area contributed by atoms with E-state index in [2.05, 4.69) is 6.08 Å². The first-order valence-corrected chi connectivity index (χ1v) is 6.00. The van der Waals surface area contributed by atoms with Crippen LogP contribution in [0.2, 0.25) is 0 Å². The number of carbonyl (C=O) groups excluding carboxylic acids is 1. The molecule has 1 saturated heterocycles. The molecule has 0 amide bonds. The Hall–Kier alpha value is -1.42. The zero-order valence-corrected chi connectivity index (χ0v) is 10.3. The normalized spacial score (nSPS) is 37.8. The molecular formula is C13H19N2O2+. The van der Waals surface area contributed by atoms with Crippen molar-refractivity contribution >= 4 is 11.6 Å². The van der Waals surface area contributed by atoms with Crippen LogP contribution in [-0.2, 0) is 9.53 Å². The topological polar surface area (TPSA) is 58.6 Å². The third kappa shape index (κ3) is 2.64. The van der Waals surface area contributed by atoms with Crippen molar-refractivity contribution in [3.05, 3.63) is 24.4 Å². The van der Waals surface area contributed by atoms with E-state index in [-0.39, 0.29) is 24.0 Å². The third-order valence-corrected chi connectivity index (χ3v) is 3.18. The van der Waals surface area contributed by atoms with Gasteiger partial charge in [0.2, 0.25) is 5.84 Å². The van der Waals surface area contributed by atoms with Crippen LogP contribution >= 0.6 is 0 Å². The van der Waals surface area contributed by atoms with Gasteiger partial charge in [-0.05, 0) is 26.3 Å². The van der Waals surface area contributed by atoms with E-state index in [1.165, 1.54) is 0 Å². The summed E-state index contributed by atoms with van der Waals surface area (Å²) in [5, 5.41) is 0. The summed E-state index contributed by atoms with van der Waals surface area (Å²) >= 11 is 0. The van der Waals surface area contributed by atoms with Crippen LogP contribution in [0.15, 0.2) is 24.4 Å². The smallest absolute Gasteiger partial charge is 0.248 e. The Bertz CT molecular complexity index is 410. The van der Waals surface area contributed by atoms with Gasteiger partial charge in [-0.3, -0.25) is 10.5 Å². The van der Waals surface area contributed by atoms with Crippen molar-refractivity contribution in [3.63, 3.8) is 0 Å². The van der Waals surface area contributed by atoms with Crippen LogP contribution < -0.4 is 5.73 Å². The fourth-order valence-electron chi connectivity index (χ4n) is 2.16. The van der Waals surface area contributed by atoms with Gasteiger partial charge in [-0.15, -0.1) is 0 Å². The molecule has 2 aliphatic rings. The highest BCUT2D eigenvalue weighted by molar-refractivity contribution is 5.83. The molecule has 0 spiro atoms. The standard InChI is InChI=1S/C13H18N2O2/c1-9(16)12(13-10(2)17-13)15-8-6-4-3-5-7-11(15)14/h3-4,6,8,10,12-14H,5,7H2,1-2H3/p+1/b4-3+,8-6-. The van der Waals surface area contributed by atoms with Gasteiger partial charge in [0.15, 0.2) is 11.8 Å². The minimum Gasteiger partial charge on any atom is -0.365 e. The zero-order chi connectivity index (χ0) is 12.4. The lowest BCUT2D eigenvalue weighted by molar-refractivity contribution is -0.490. The van der Waals surface area contributed by atoms with Crippen molar-refractivity contribution in [2.75, 3.05) is 0 Å². The Morgan fingerprint density at radius 1 is 1.59 bits per heavy atom. The molecule has 0 aliphatic carbocycles. The second-order valence-corrected chi connectivity index (χ2v) is 4.57. The number of nitrogens with two attached hydrogens (primary N) is 1. The Morgan fingerprint density at radius 2 is 2.29 bits per heavy atom. The quantitative estimate of drug-likeness (QED) is 0.585. The molecule has 2 aliphatic heterocycles. The van der Waals surface area contributed by atoms with E-state index >= 15 is 0 Å². The number of ether oxygens (including phenoxy) is 1. The van der Waals surface area contributed by atoms with Crippen molar-refractivity contribution < 1.29 is 14.1 Å². The Balaban J connectivity index is 2.30. The SMILES string of the molecule is CC(=O)C(C1OC1C)[N+]1=C(\N)CC/C=C/C=C\1. The molecule has 92 valence electrons. The van der Waals surface area contributed by atoms with E-state index in [1.54, 1.807) is 6.92 Å². The predicted molar refractivity (Wildman–Crippen MR) is 65.8 cm³/mol. The van der Waals surface area contributed by atoms with E-state index in [0.29, 0.717) is 0 Å². The number of hydrogen-bond acceptors (Lipinski definition) is 3. The van der Waals surface area contributed by atoms with Crippen LogP contribution in [0, 0.1) is 0 Å². The van der Waals surface area contributed by atoms with Gasteiger partial charge in [-0.2, -0.15) is 0 Å². The molecule has 0 aromatic carbocycles. The minimum absolute atomic E-state index is 0.0286. The fraction of sp³-hybridized carbons (Fsp3) is 0.538. The van der Waals surface area contributed by atoms with Gasteiger partial charge < -0.3 is 4.74 Å². The van der Waals surface area contributed by atoms with Crippen LogP contribution in [0.1, 0.15) is 26.7 Å². The summed E-state index contributed by atoms with van der Waals surface area (Å²) in [6, 6.07) is -0.284. The van der Waals surface area contributed by atoms with Gasteiger partial charge in [0.25, 0.3) is 0 Å². The summed E-state index contributed by atoms with van der Waals surface area (Å²) in [6.45, 7) is 3.57. The first kappa shape index (κ1) is 12.0. The molecule has 0 radical (unpaired) electrons. The number of ketones is 1. The molecule has 0 saturated carbocycles. The van der Waals surface area contributed by atoms with E-state index in [4.69, 9.17) is 10.5 Å². The molecule has 0 aromatic rings. The summed E-state index contributed by atoms with van der Waals surface area (Å²) in [4.78, 5) is 11.8. The number of carbonyl (C=O) groups is 1. The highest BCUT2D eigenvalue weighted by Crippen LogP contribution is 2.27. The molecule has 0 bridgehead atoms. The fourth-order valence-corrected chi connectivity index (χ4v) is 2.16. The van der Waals surface area contributed by atoms with Crippen molar-refractivity contribution in [3.8, 4) is 0 Å². The highest BCUT2D eigenvalue weighted by Gasteiger charge is 2.48. The van der Waals surface area contributed by atoms with Crippen LogP contribution in [0.3, 0.4) is 0 Å². The van der Waals surface area contributed by atoms with Gasteiger partial charge in [-0.1, -0.05) is 12.2 Å². The van der Waals surface area contributed by atoms with Crippen molar-refractivity contribution in [2.45, 2.75) is 44.9 Å². The molecule has 2 N–H and O–H groups in total. The number of amidine groups is 1. The van der Waals surface area contributed by atoms with Gasteiger partial charge >= 0.3 is 0 Å². The highest BCUT2D eigenvalue weighted by atomic mass is 16.6. The predicted octanol–water partition coefficient (Wildman–Crippen LogP) is 0.965. The van der Waals surface area contributed by atoms with E-state index in [0.717, 1.165) is 18.7 Å². The molecular weight excluding hydrogens is 216 g/mol. The van der Waals surface area contributed by atoms with Crippen LogP contribution in [0.4, 0.5) is 0 Å². The third-order valence-electron chi connectivity index (χ3n) is 3.18. The van der Waals surface area contributed by atoms with Crippen LogP contribution in [0.25, 0.3) is 0 Å². The van der Waals surface area contributed by atoms with Crippen molar-refractivity contribution in [1.29, 1.82) is 0 Å². The first-order chi connectivity index (χ1) is 8.11. The Labute approximate surface area is 101 Å². The lowest BCUT2D eigenvalue weighted by Crippen LogP contribution is -2.41. The minimum atomic E-state index is -0.284. The summed E-state index contributed by atoms with van der Waals surface area (Å²) in [7, 11) is 0. The number of hydrogen-bond donors (Lipinski definition) is 1. The average Bonchev–Trinajstić information content (AvgIpc) is 2.94. The maximum Gasteiger partial charge on any atom is 0.248 e. The Kier molecular flexibility index (Phi) is 3.43. The maximum atomic E-state index is 11.8. The van der Waals surface area contributed by atoms with Crippen LogP contribution in [0.5, 0.6) is 0 Å². The number of Topliss-reactive ketones (excluding diaryl/α,β-unsaturated/α-hetero) is 1. The van der Waals surface area contributed by atoms with Crippen molar-refractivity contribution in [1.82, 2.24) is 0 Å². The molecule has 3 atom stereocenters. The lowest BCUT2D eigenvalue weighted by Gasteiger charge is -2.14. The van der Waals surface area contributed by atoms with E-state index in [1.807, 2.05) is 29.9 Å². The average molecular weight is 235 g/mol. The van der Waals surface area contributed by atoms with E-state index < -0.39 is 0 Å². The van der Waals surface area contributed by atoms with Crippen molar-refractivity contribution in [2.24, 2.45) is 5.73 Å². The Morgan fingerprint density at radius 3 is 2.88 bits per heavy atom. The van der Waals surface area contributed by atoms with Gasteiger partial charge in [0, 0.05) is 0 Å². The molecule has 17 heavy (non-hydrogen) atoms. The largest absolute Gasteiger partial charge is 0.365 e. The summed E-state index contributed by atoms with van der Waals surface area (Å²) in [6.07, 6.45) is 9.61. The molecule has 3 unspecified atom stereocenters. The second-order valence-electron chi connectivity index (χ2n) is 4.57. The van der Waals surface area contributed by atoms with Crippen LogP contribution in [-0.4, -0.2) is 34.4 Å². The molecule has 0 aromatic heterocycles.